The molecule has 3 N–H and O–H groups in total. The van der Waals surface area contributed by atoms with Crippen LogP contribution in [-0.4, -0.2) is 24.0 Å². The number of halogens is 1. The summed E-state index contributed by atoms with van der Waals surface area (Å²) < 4.78 is 12.9. The summed E-state index contributed by atoms with van der Waals surface area (Å²) >= 11 is 0. The summed E-state index contributed by atoms with van der Waals surface area (Å²) in [4.78, 5) is 15.6. The Morgan fingerprint density at radius 1 is 1.71 bits per heavy atom. The molecule has 2 rings (SSSR count). The van der Waals surface area contributed by atoms with Crippen LogP contribution >= 0.6 is 0 Å². The second-order valence-corrected chi connectivity index (χ2v) is 4.46. The Kier molecular flexibility index (Phi) is 3.11. The van der Waals surface area contributed by atoms with E-state index in [9.17, 15) is 9.18 Å². The largest absolute Gasteiger partial charge is 0.369 e. The Morgan fingerprint density at radius 2 is 2.47 bits per heavy atom. The van der Waals surface area contributed by atoms with E-state index in [2.05, 4.69) is 10.3 Å². The molecule has 0 aromatic carbocycles. The lowest BCUT2D eigenvalue weighted by Gasteiger charge is -2.31. The fourth-order valence-electron chi connectivity index (χ4n) is 2.62. The summed E-state index contributed by atoms with van der Waals surface area (Å²) in [5, 5.41) is 3.17. The lowest BCUT2D eigenvalue weighted by atomic mass is 9.72. The van der Waals surface area contributed by atoms with Crippen molar-refractivity contribution < 1.29 is 9.18 Å². The average Bonchev–Trinajstić information content (AvgIpc) is 2.75. The van der Waals surface area contributed by atoms with E-state index in [-0.39, 0.29) is 17.6 Å². The molecule has 1 amide bonds. The second-order valence-electron chi connectivity index (χ2n) is 4.46. The zero-order valence-electron chi connectivity index (χ0n) is 9.74. The van der Waals surface area contributed by atoms with Crippen LogP contribution in [-0.2, 0) is 10.2 Å². The molecule has 17 heavy (non-hydrogen) atoms. The van der Waals surface area contributed by atoms with E-state index in [1.165, 1.54) is 12.3 Å². The first-order valence-electron chi connectivity index (χ1n) is 5.72. The van der Waals surface area contributed by atoms with Crippen LogP contribution in [0.1, 0.15) is 19.0 Å². The molecule has 0 radical (unpaired) electrons. The van der Waals surface area contributed by atoms with Gasteiger partial charge in [-0.25, -0.2) is 4.39 Å². The number of hydrogen-bond donors (Lipinski definition) is 2. The summed E-state index contributed by atoms with van der Waals surface area (Å²) in [6.45, 7) is 3.20. The monoisotopic (exact) mass is 237 g/mol. The van der Waals surface area contributed by atoms with Gasteiger partial charge in [0.1, 0.15) is 5.82 Å². The molecule has 2 atom stereocenters. The van der Waals surface area contributed by atoms with Crippen LogP contribution in [0.4, 0.5) is 4.39 Å². The Bertz CT molecular complexity index is 420. The standard InChI is InChI=1S/C12H16FN3O/c1-2-12(7-15-6-9(12)11(14)17)10-4-3-8(13)5-16-10/h3-5,9,15H,2,6-7H2,1H3,(H2,14,17). The van der Waals surface area contributed by atoms with E-state index in [0.717, 1.165) is 12.1 Å². The van der Waals surface area contributed by atoms with Crippen molar-refractivity contribution in [2.75, 3.05) is 13.1 Å². The van der Waals surface area contributed by atoms with Gasteiger partial charge in [0.25, 0.3) is 0 Å². The first-order valence-corrected chi connectivity index (χ1v) is 5.72. The Labute approximate surface area is 99.4 Å². The van der Waals surface area contributed by atoms with Crippen molar-refractivity contribution >= 4 is 5.91 Å². The maximum absolute atomic E-state index is 12.9. The van der Waals surface area contributed by atoms with Crippen molar-refractivity contribution in [1.82, 2.24) is 10.3 Å². The van der Waals surface area contributed by atoms with Gasteiger partial charge in [0.15, 0.2) is 0 Å². The molecular weight excluding hydrogens is 221 g/mol. The van der Waals surface area contributed by atoms with Crippen molar-refractivity contribution in [3.05, 3.63) is 29.8 Å². The number of amides is 1. The molecule has 1 aromatic rings. The van der Waals surface area contributed by atoms with E-state index in [1.54, 1.807) is 6.07 Å². The molecule has 0 spiro atoms. The molecule has 1 aliphatic rings. The highest BCUT2D eigenvalue weighted by atomic mass is 19.1. The number of primary amides is 1. The Hall–Kier alpha value is -1.49. The molecule has 1 saturated heterocycles. The zero-order chi connectivity index (χ0) is 12.5. The summed E-state index contributed by atoms with van der Waals surface area (Å²) in [5.74, 6) is -0.991. The third-order valence-electron chi connectivity index (χ3n) is 3.67. The van der Waals surface area contributed by atoms with Gasteiger partial charge in [0.2, 0.25) is 5.91 Å². The fraction of sp³-hybridized carbons (Fsp3) is 0.500. The number of hydrogen-bond acceptors (Lipinski definition) is 3. The number of pyridine rings is 1. The van der Waals surface area contributed by atoms with E-state index in [4.69, 9.17) is 5.73 Å². The highest BCUT2D eigenvalue weighted by molar-refractivity contribution is 5.79. The smallest absolute Gasteiger partial charge is 0.222 e. The first kappa shape index (κ1) is 12.0. The SMILES string of the molecule is CCC1(c2ccc(F)cn2)CNCC1C(N)=O. The summed E-state index contributed by atoms with van der Waals surface area (Å²) in [5.41, 5.74) is 5.76. The molecule has 2 heterocycles. The van der Waals surface area contributed by atoms with Gasteiger partial charge in [0, 0.05) is 24.2 Å². The molecule has 0 saturated carbocycles. The number of carbonyl (C=O) groups excluding carboxylic acids is 1. The van der Waals surface area contributed by atoms with Crippen LogP contribution in [0.3, 0.4) is 0 Å². The molecule has 1 aliphatic heterocycles. The Morgan fingerprint density at radius 3 is 3.00 bits per heavy atom. The minimum absolute atomic E-state index is 0.287. The van der Waals surface area contributed by atoms with Crippen molar-refractivity contribution in [1.29, 1.82) is 0 Å². The maximum Gasteiger partial charge on any atom is 0.222 e. The normalized spacial score (nSPS) is 28.2. The van der Waals surface area contributed by atoms with Gasteiger partial charge in [-0.3, -0.25) is 9.78 Å². The number of aromatic nitrogens is 1. The highest BCUT2D eigenvalue weighted by Gasteiger charge is 2.46. The molecule has 1 aromatic heterocycles. The zero-order valence-corrected chi connectivity index (χ0v) is 9.74. The van der Waals surface area contributed by atoms with E-state index < -0.39 is 5.41 Å². The van der Waals surface area contributed by atoms with Crippen LogP contribution in [0.5, 0.6) is 0 Å². The molecule has 0 aliphatic carbocycles. The molecule has 0 bridgehead atoms. The van der Waals surface area contributed by atoms with Gasteiger partial charge in [0.05, 0.1) is 12.1 Å². The van der Waals surface area contributed by atoms with Gasteiger partial charge in [-0.05, 0) is 18.6 Å². The topological polar surface area (TPSA) is 68.0 Å². The van der Waals surface area contributed by atoms with Gasteiger partial charge in [-0.2, -0.15) is 0 Å². The second kappa shape index (κ2) is 4.41. The minimum Gasteiger partial charge on any atom is -0.369 e. The van der Waals surface area contributed by atoms with Gasteiger partial charge in [-0.1, -0.05) is 6.92 Å². The van der Waals surface area contributed by atoms with E-state index >= 15 is 0 Å². The van der Waals surface area contributed by atoms with Crippen molar-refractivity contribution in [2.24, 2.45) is 11.7 Å². The van der Waals surface area contributed by atoms with Crippen LogP contribution in [0.2, 0.25) is 0 Å². The molecule has 4 nitrogen and oxygen atoms in total. The van der Waals surface area contributed by atoms with Gasteiger partial charge >= 0.3 is 0 Å². The number of carbonyl (C=O) groups is 1. The van der Waals surface area contributed by atoms with Crippen LogP contribution in [0.15, 0.2) is 18.3 Å². The lowest BCUT2D eigenvalue weighted by molar-refractivity contribution is -0.123. The van der Waals surface area contributed by atoms with E-state index in [1.807, 2.05) is 6.92 Å². The number of rotatable bonds is 3. The molecule has 1 fully saturated rings. The predicted octanol–water partition coefficient (Wildman–Crippen LogP) is 0.573. The quantitative estimate of drug-likeness (QED) is 0.807. The minimum atomic E-state index is -0.403. The third kappa shape index (κ3) is 1.91. The summed E-state index contributed by atoms with van der Waals surface area (Å²) in [6.07, 6.45) is 1.93. The summed E-state index contributed by atoms with van der Waals surface area (Å²) in [7, 11) is 0. The molecule has 92 valence electrons. The number of nitrogens with zero attached hydrogens (tertiary/aromatic N) is 1. The first-order chi connectivity index (χ1) is 8.10. The molecule has 2 unspecified atom stereocenters. The molecular formula is C12H16FN3O. The third-order valence-corrected chi connectivity index (χ3v) is 3.67. The fourth-order valence-corrected chi connectivity index (χ4v) is 2.62. The van der Waals surface area contributed by atoms with Crippen LogP contribution in [0, 0.1) is 11.7 Å². The van der Waals surface area contributed by atoms with Crippen LogP contribution < -0.4 is 11.1 Å². The summed E-state index contributed by atoms with van der Waals surface area (Å²) in [6, 6.07) is 3.01. The van der Waals surface area contributed by atoms with Crippen molar-refractivity contribution in [3.8, 4) is 0 Å². The number of nitrogens with one attached hydrogen (secondary N) is 1. The van der Waals surface area contributed by atoms with Crippen molar-refractivity contribution in [2.45, 2.75) is 18.8 Å². The van der Waals surface area contributed by atoms with E-state index in [0.29, 0.717) is 13.1 Å². The van der Waals surface area contributed by atoms with Crippen molar-refractivity contribution in [3.63, 3.8) is 0 Å². The predicted molar refractivity (Wildman–Crippen MR) is 61.7 cm³/mol. The maximum atomic E-state index is 12.9. The number of nitrogens with two attached hydrogens (primary N) is 1. The van der Waals surface area contributed by atoms with Gasteiger partial charge < -0.3 is 11.1 Å². The lowest BCUT2D eigenvalue weighted by Crippen LogP contribution is -2.42. The highest BCUT2D eigenvalue weighted by Crippen LogP contribution is 2.37. The van der Waals surface area contributed by atoms with Crippen LogP contribution in [0.25, 0.3) is 0 Å². The molecule has 5 heteroatoms. The average molecular weight is 237 g/mol. The van der Waals surface area contributed by atoms with Gasteiger partial charge in [-0.15, -0.1) is 0 Å². The Balaban J connectivity index is 2.43.